The van der Waals surface area contributed by atoms with Crippen LogP contribution < -0.4 is 4.74 Å². The lowest BCUT2D eigenvalue weighted by atomic mass is 10.0. The number of hydrogen-bond donors (Lipinski definition) is 1. The molecule has 1 aliphatic carbocycles. The van der Waals surface area contributed by atoms with Crippen LogP contribution in [-0.4, -0.2) is 12.2 Å². The van der Waals surface area contributed by atoms with Gasteiger partial charge in [-0.3, -0.25) is 0 Å². The molecule has 0 aromatic heterocycles. The average Bonchev–Trinajstić information content (AvgIpc) is 2.94. The first-order chi connectivity index (χ1) is 7.13. The molecule has 15 heavy (non-hydrogen) atoms. The van der Waals surface area contributed by atoms with Gasteiger partial charge in [0.25, 0.3) is 0 Å². The maximum absolute atomic E-state index is 13.1. The van der Waals surface area contributed by atoms with E-state index in [-0.39, 0.29) is 11.7 Å². The van der Waals surface area contributed by atoms with Crippen LogP contribution in [0, 0.1) is 17.7 Å². The number of methoxy groups -OCH3 is 1. The molecule has 3 heteroatoms. The highest BCUT2D eigenvalue weighted by atomic mass is 19.1. The summed E-state index contributed by atoms with van der Waals surface area (Å²) in [5.74, 6) is 0.995. The summed E-state index contributed by atoms with van der Waals surface area (Å²) in [4.78, 5) is 0. The fraction of sp³-hybridized carbons (Fsp3) is 0.500. The Kier molecular flexibility index (Phi) is 2.65. The van der Waals surface area contributed by atoms with Crippen LogP contribution in [0.25, 0.3) is 0 Å². The molecular formula is C12H15FO2. The van der Waals surface area contributed by atoms with E-state index >= 15 is 0 Å². The summed E-state index contributed by atoms with van der Waals surface area (Å²) in [6.07, 6.45) is 0.395. The van der Waals surface area contributed by atoms with Crippen molar-refractivity contribution in [2.24, 2.45) is 11.8 Å². The van der Waals surface area contributed by atoms with Crippen LogP contribution in [0.2, 0.25) is 0 Å². The third-order valence-corrected chi connectivity index (χ3v) is 3.09. The molecule has 2 rings (SSSR count). The van der Waals surface area contributed by atoms with E-state index in [0.717, 1.165) is 6.42 Å². The number of hydrogen-bond acceptors (Lipinski definition) is 2. The Morgan fingerprint density at radius 2 is 2.20 bits per heavy atom. The molecule has 3 unspecified atom stereocenters. The highest BCUT2D eigenvalue weighted by molar-refractivity contribution is 5.36. The van der Waals surface area contributed by atoms with Gasteiger partial charge in [-0.2, -0.15) is 0 Å². The van der Waals surface area contributed by atoms with Gasteiger partial charge in [-0.15, -0.1) is 0 Å². The number of aliphatic hydroxyl groups is 1. The quantitative estimate of drug-likeness (QED) is 0.830. The molecule has 1 N–H and O–H groups in total. The third kappa shape index (κ3) is 1.97. The summed E-state index contributed by atoms with van der Waals surface area (Å²) >= 11 is 0. The van der Waals surface area contributed by atoms with Gasteiger partial charge in [0.05, 0.1) is 13.2 Å². The summed E-state index contributed by atoms with van der Waals surface area (Å²) in [5, 5.41) is 10.0. The Morgan fingerprint density at radius 1 is 1.53 bits per heavy atom. The molecular weight excluding hydrogens is 195 g/mol. The normalized spacial score (nSPS) is 26.1. The molecule has 1 fully saturated rings. The van der Waals surface area contributed by atoms with E-state index in [4.69, 9.17) is 4.74 Å². The smallest absolute Gasteiger partial charge is 0.124 e. The lowest BCUT2D eigenvalue weighted by Crippen LogP contribution is -2.04. The van der Waals surface area contributed by atoms with Crippen molar-refractivity contribution in [3.05, 3.63) is 29.6 Å². The molecule has 1 aliphatic rings. The summed E-state index contributed by atoms with van der Waals surface area (Å²) in [5.41, 5.74) is 0.562. The molecule has 0 aliphatic heterocycles. The maximum atomic E-state index is 13.1. The summed E-state index contributed by atoms with van der Waals surface area (Å²) < 4.78 is 18.2. The van der Waals surface area contributed by atoms with E-state index in [1.807, 2.05) is 0 Å². The number of benzene rings is 1. The van der Waals surface area contributed by atoms with Gasteiger partial charge in [0.15, 0.2) is 0 Å². The van der Waals surface area contributed by atoms with Gasteiger partial charge >= 0.3 is 0 Å². The van der Waals surface area contributed by atoms with Crippen LogP contribution in [0.3, 0.4) is 0 Å². The molecule has 3 atom stereocenters. The maximum Gasteiger partial charge on any atom is 0.124 e. The van der Waals surface area contributed by atoms with Crippen molar-refractivity contribution in [2.45, 2.75) is 19.4 Å². The van der Waals surface area contributed by atoms with Gasteiger partial charge in [-0.25, -0.2) is 4.39 Å². The van der Waals surface area contributed by atoms with E-state index < -0.39 is 6.10 Å². The van der Waals surface area contributed by atoms with Crippen molar-refractivity contribution in [1.29, 1.82) is 0 Å². The van der Waals surface area contributed by atoms with Crippen molar-refractivity contribution in [1.82, 2.24) is 0 Å². The molecule has 2 nitrogen and oxygen atoms in total. The highest BCUT2D eigenvalue weighted by Crippen LogP contribution is 2.48. The predicted octanol–water partition coefficient (Wildman–Crippen LogP) is 2.52. The van der Waals surface area contributed by atoms with Crippen LogP contribution in [0.5, 0.6) is 5.75 Å². The van der Waals surface area contributed by atoms with Crippen LogP contribution in [0.4, 0.5) is 4.39 Å². The topological polar surface area (TPSA) is 29.5 Å². The third-order valence-electron chi connectivity index (χ3n) is 3.09. The number of rotatable bonds is 3. The minimum Gasteiger partial charge on any atom is -0.496 e. The SMILES string of the molecule is COc1ccc(F)cc1C(O)C1CC1C. The number of aliphatic hydroxyl groups excluding tert-OH is 1. The minimum absolute atomic E-state index is 0.251. The zero-order valence-corrected chi connectivity index (χ0v) is 8.90. The molecule has 0 bridgehead atoms. The minimum atomic E-state index is -0.606. The van der Waals surface area contributed by atoms with Crippen LogP contribution >= 0.6 is 0 Å². The largest absolute Gasteiger partial charge is 0.496 e. The Hall–Kier alpha value is -1.09. The molecule has 0 spiro atoms. The van der Waals surface area contributed by atoms with Crippen LogP contribution in [-0.2, 0) is 0 Å². The first-order valence-electron chi connectivity index (χ1n) is 5.15. The molecule has 1 aromatic carbocycles. The van der Waals surface area contributed by atoms with Crippen molar-refractivity contribution in [2.75, 3.05) is 7.11 Å². The second-order valence-corrected chi connectivity index (χ2v) is 4.21. The number of ether oxygens (including phenoxy) is 1. The Labute approximate surface area is 88.7 Å². The zero-order chi connectivity index (χ0) is 11.0. The Morgan fingerprint density at radius 3 is 2.73 bits per heavy atom. The van der Waals surface area contributed by atoms with Gasteiger partial charge in [0.2, 0.25) is 0 Å². The summed E-state index contributed by atoms with van der Waals surface area (Å²) in [6, 6.07) is 4.25. The first-order valence-corrected chi connectivity index (χ1v) is 5.15. The Balaban J connectivity index is 2.28. The van der Waals surface area contributed by atoms with Crippen molar-refractivity contribution in [3.63, 3.8) is 0 Å². The fourth-order valence-electron chi connectivity index (χ4n) is 1.96. The van der Waals surface area contributed by atoms with E-state index in [2.05, 4.69) is 6.92 Å². The van der Waals surface area contributed by atoms with Crippen LogP contribution in [0.15, 0.2) is 18.2 Å². The standard InChI is InChI=1S/C12H15FO2/c1-7-5-9(7)12(14)10-6-8(13)3-4-11(10)15-2/h3-4,6-7,9,12,14H,5H2,1-2H3. The predicted molar refractivity (Wildman–Crippen MR) is 55.2 cm³/mol. The zero-order valence-electron chi connectivity index (χ0n) is 8.90. The molecule has 82 valence electrons. The lowest BCUT2D eigenvalue weighted by Gasteiger charge is -2.14. The van der Waals surface area contributed by atoms with Gasteiger partial charge in [-0.05, 0) is 36.5 Å². The van der Waals surface area contributed by atoms with E-state index in [9.17, 15) is 9.50 Å². The highest BCUT2D eigenvalue weighted by Gasteiger charge is 2.40. The second kappa shape index (κ2) is 3.81. The fourth-order valence-corrected chi connectivity index (χ4v) is 1.96. The van der Waals surface area contributed by atoms with E-state index in [0.29, 0.717) is 17.2 Å². The van der Waals surface area contributed by atoms with Crippen molar-refractivity contribution < 1.29 is 14.2 Å². The number of halogens is 1. The van der Waals surface area contributed by atoms with Gasteiger partial charge in [0.1, 0.15) is 11.6 Å². The molecule has 1 aromatic rings. The summed E-state index contributed by atoms with van der Waals surface area (Å²) in [7, 11) is 1.53. The van der Waals surface area contributed by atoms with Crippen molar-refractivity contribution >= 4 is 0 Å². The average molecular weight is 210 g/mol. The van der Waals surface area contributed by atoms with Gasteiger partial charge < -0.3 is 9.84 Å². The Bertz CT molecular complexity index is 365. The second-order valence-electron chi connectivity index (χ2n) is 4.21. The molecule has 0 heterocycles. The van der Waals surface area contributed by atoms with Crippen LogP contribution in [0.1, 0.15) is 25.0 Å². The summed E-state index contributed by atoms with van der Waals surface area (Å²) in [6.45, 7) is 2.08. The monoisotopic (exact) mass is 210 g/mol. The lowest BCUT2D eigenvalue weighted by molar-refractivity contribution is 0.144. The molecule has 0 saturated heterocycles. The van der Waals surface area contributed by atoms with E-state index in [1.165, 1.54) is 19.2 Å². The van der Waals surface area contributed by atoms with Gasteiger partial charge in [-0.1, -0.05) is 6.92 Å². The van der Waals surface area contributed by atoms with Crippen molar-refractivity contribution in [3.8, 4) is 5.75 Å². The molecule has 0 amide bonds. The molecule has 1 saturated carbocycles. The molecule has 0 radical (unpaired) electrons. The van der Waals surface area contributed by atoms with Gasteiger partial charge in [0, 0.05) is 5.56 Å². The van der Waals surface area contributed by atoms with E-state index in [1.54, 1.807) is 6.07 Å². The first kappa shape index (κ1) is 10.4.